The molecule has 2 rings (SSSR count). The van der Waals surface area contributed by atoms with Crippen molar-refractivity contribution in [3.63, 3.8) is 0 Å². The van der Waals surface area contributed by atoms with E-state index in [9.17, 15) is 13.2 Å². The van der Waals surface area contributed by atoms with Crippen LogP contribution in [-0.2, 0) is 21.1 Å². The summed E-state index contributed by atoms with van der Waals surface area (Å²) < 4.78 is 39.7. The van der Waals surface area contributed by atoms with Gasteiger partial charge < -0.3 is 19.1 Å². The summed E-state index contributed by atoms with van der Waals surface area (Å²) in [6.45, 7) is 2.51. The lowest BCUT2D eigenvalue weighted by Crippen LogP contribution is -2.42. The van der Waals surface area contributed by atoms with Crippen LogP contribution in [0.2, 0.25) is 0 Å². The molecule has 146 valence electrons. The fourth-order valence-electron chi connectivity index (χ4n) is 3.34. The summed E-state index contributed by atoms with van der Waals surface area (Å²) in [4.78, 5) is 14.6. The summed E-state index contributed by atoms with van der Waals surface area (Å²) in [6, 6.07) is 3.25. The van der Waals surface area contributed by atoms with E-state index >= 15 is 0 Å². The largest absolute Gasteiger partial charge is 0.493 e. The zero-order chi connectivity index (χ0) is 19.3. The Kier molecular flexibility index (Phi) is 6.75. The molecule has 1 aromatic carbocycles. The highest BCUT2D eigenvalue weighted by molar-refractivity contribution is 7.91. The molecule has 0 bridgehead atoms. The van der Waals surface area contributed by atoms with Crippen LogP contribution in [0.4, 0.5) is 0 Å². The molecule has 0 saturated carbocycles. The summed E-state index contributed by atoms with van der Waals surface area (Å²) in [5.74, 6) is 1.49. The molecule has 0 aliphatic carbocycles. The Balaban J connectivity index is 2.26. The van der Waals surface area contributed by atoms with Crippen molar-refractivity contribution in [2.45, 2.75) is 32.2 Å². The number of hydrogen-bond acceptors (Lipinski definition) is 6. The van der Waals surface area contributed by atoms with Crippen molar-refractivity contribution >= 4 is 15.7 Å². The van der Waals surface area contributed by atoms with Crippen LogP contribution in [0.1, 0.15) is 25.3 Å². The van der Waals surface area contributed by atoms with Gasteiger partial charge >= 0.3 is 0 Å². The highest BCUT2D eigenvalue weighted by Gasteiger charge is 2.34. The predicted octanol–water partition coefficient (Wildman–Crippen LogP) is 1.68. The fourth-order valence-corrected chi connectivity index (χ4v) is 5.07. The van der Waals surface area contributed by atoms with Crippen molar-refractivity contribution in [1.29, 1.82) is 0 Å². The van der Waals surface area contributed by atoms with Gasteiger partial charge in [0.25, 0.3) is 0 Å². The zero-order valence-electron chi connectivity index (χ0n) is 15.8. The van der Waals surface area contributed by atoms with Gasteiger partial charge in [-0.2, -0.15) is 0 Å². The molecule has 1 atom stereocenters. The number of ether oxygens (including phenoxy) is 3. The molecular formula is C18H27NO6S. The average Bonchev–Trinajstić information content (AvgIpc) is 2.98. The van der Waals surface area contributed by atoms with E-state index in [0.717, 1.165) is 6.42 Å². The smallest absolute Gasteiger partial charge is 0.227 e. The van der Waals surface area contributed by atoms with Crippen LogP contribution in [0.5, 0.6) is 17.2 Å². The fraction of sp³-hybridized carbons (Fsp3) is 0.611. The van der Waals surface area contributed by atoms with Gasteiger partial charge in [0.2, 0.25) is 11.7 Å². The maximum Gasteiger partial charge on any atom is 0.227 e. The Morgan fingerprint density at radius 2 is 1.85 bits per heavy atom. The number of carbonyl (C=O) groups excluding carboxylic acids is 1. The van der Waals surface area contributed by atoms with Crippen LogP contribution in [0.15, 0.2) is 12.1 Å². The topological polar surface area (TPSA) is 82.1 Å². The van der Waals surface area contributed by atoms with E-state index in [1.165, 1.54) is 21.3 Å². The number of sulfone groups is 1. The van der Waals surface area contributed by atoms with Crippen LogP contribution >= 0.6 is 0 Å². The van der Waals surface area contributed by atoms with E-state index in [4.69, 9.17) is 14.2 Å². The first-order chi connectivity index (χ1) is 12.4. The van der Waals surface area contributed by atoms with E-state index in [2.05, 4.69) is 0 Å². The lowest BCUT2D eigenvalue weighted by atomic mass is 10.1. The van der Waals surface area contributed by atoms with Crippen molar-refractivity contribution in [3.05, 3.63) is 17.7 Å². The van der Waals surface area contributed by atoms with Gasteiger partial charge in [0.1, 0.15) is 0 Å². The lowest BCUT2D eigenvalue weighted by molar-refractivity contribution is -0.132. The molecule has 0 spiro atoms. The molecular weight excluding hydrogens is 358 g/mol. The number of rotatable bonds is 8. The van der Waals surface area contributed by atoms with E-state index in [0.29, 0.717) is 35.8 Å². The first-order valence-electron chi connectivity index (χ1n) is 8.64. The zero-order valence-corrected chi connectivity index (χ0v) is 16.6. The predicted molar refractivity (Wildman–Crippen MR) is 98.9 cm³/mol. The third-order valence-electron chi connectivity index (χ3n) is 4.56. The van der Waals surface area contributed by atoms with E-state index in [1.54, 1.807) is 17.0 Å². The minimum absolute atomic E-state index is 0.0435. The van der Waals surface area contributed by atoms with Crippen LogP contribution in [0, 0.1) is 0 Å². The normalized spacial score (nSPS) is 18.4. The number of benzene rings is 1. The Hall–Kier alpha value is -1.96. The van der Waals surface area contributed by atoms with Gasteiger partial charge in [0.05, 0.1) is 39.3 Å². The Bertz CT molecular complexity index is 746. The molecule has 7 nitrogen and oxygen atoms in total. The van der Waals surface area contributed by atoms with Gasteiger partial charge in [-0.25, -0.2) is 8.42 Å². The molecule has 0 radical (unpaired) electrons. The van der Waals surface area contributed by atoms with Gasteiger partial charge in [0, 0.05) is 18.2 Å². The van der Waals surface area contributed by atoms with E-state index in [-0.39, 0.29) is 29.9 Å². The summed E-state index contributed by atoms with van der Waals surface area (Å²) >= 11 is 0. The summed E-state index contributed by atoms with van der Waals surface area (Å²) in [6.07, 6.45) is 1.38. The van der Waals surface area contributed by atoms with Crippen molar-refractivity contribution in [1.82, 2.24) is 4.90 Å². The van der Waals surface area contributed by atoms with Gasteiger partial charge in [-0.05, 0) is 18.9 Å². The summed E-state index contributed by atoms with van der Waals surface area (Å²) in [7, 11) is 1.51. The minimum atomic E-state index is -3.05. The molecule has 1 aliphatic rings. The van der Waals surface area contributed by atoms with Crippen LogP contribution in [0.3, 0.4) is 0 Å². The minimum Gasteiger partial charge on any atom is -0.493 e. The van der Waals surface area contributed by atoms with Gasteiger partial charge in [0.15, 0.2) is 21.3 Å². The Morgan fingerprint density at radius 3 is 2.35 bits per heavy atom. The highest BCUT2D eigenvalue weighted by atomic mass is 32.2. The van der Waals surface area contributed by atoms with Gasteiger partial charge in [-0.1, -0.05) is 13.0 Å². The lowest BCUT2D eigenvalue weighted by Gasteiger charge is -2.28. The van der Waals surface area contributed by atoms with Crippen molar-refractivity contribution < 1.29 is 27.4 Å². The number of nitrogens with zero attached hydrogens (tertiary/aromatic N) is 1. The Labute approximate surface area is 155 Å². The highest BCUT2D eigenvalue weighted by Crippen LogP contribution is 2.40. The first kappa shape index (κ1) is 20.4. The molecule has 1 aromatic rings. The number of hydrogen-bond donors (Lipinski definition) is 0. The Morgan fingerprint density at radius 1 is 1.15 bits per heavy atom. The van der Waals surface area contributed by atoms with E-state index in [1.807, 2.05) is 6.92 Å². The summed E-state index contributed by atoms with van der Waals surface area (Å²) in [5, 5.41) is 0. The molecule has 0 N–H and O–H groups in total. The SMILES string of the molecule is CCCN(C(=O)Cc1ccc(OC)c(OC)c1OC)C1CCS(=O)(=O)C1. The number of carbonyl (C=O) groups is 1. The second-order valence-electron chi connectivity index (χ2n) is 6.31. The molecule has 1 unspecified atom stereocenters. The molecule has 26 heavy (non-hydrogen) atoms. The standard InChI is InChI=1S/C18H27NO6S/c1-5-9-19(14-8-10-26(21,22)12-14)16(20)11-13-6-7-15(23-2)18(25-4)17(13)24-3/h6-7,14H,5,8-12H2,1-4H3. The quantitative estimate of drug-likeness (QED) is 0.677. The van der Waals surface area contributed by atoms with Gasteiger partial charge in [-0.3, -0.25) is 4.79 Å². The van der Waals surface area contributed by atoms with Crippen LogP contribution in [-0.4, -0.2) is 64.6 Å². The molecule has 1 aliphatic heterocycles. The van der Waals surface area contributed by atoms with Gasteiger partial charge in [-0.15, -0.1) is 0 Å². The first-order valence-corrected chi connectivity index (χ1v) is 10.5. The maximum atomic E-state index is 12.9. The third-order valence-corrected chi connectivity index (χ3v) is 6.31. The van der Waals surface area contributed by atoms with Crippen LogP contribution < -0.4 is 14.2 Å². The molecule has 1 amide bonds. The number of methoxy groups -OCH3 is 3. The maximum absolute atomic E-state index is 12.9. The monoisotopic (exact) mass is 385 g/mol. The average molecular weight is 385 g/mol. The second-order valence-corrected chi connectivity index (χ2v) is 8.54. The second kappa shape index (κ2) is 8.62. The molecule has 8 heteroatoms. The van der Waals surface area contributed by atoms with Crippen LogP contribution in [0.25, 0.3) is 0 Å². The van der Waals surface area contributed by atoms with Crippen molar-refractivity contribution in [3.8, 4) is 17.2 Å². The van der Waals surface area contributed by atoms with Crippen molar-refractivity contribution in [2.24, 2.45) is 0 Å². The van der Waals surface area contributed by atoms with E-state index < -0.39 is 9.84 Å². The van der Waals surface area contributed by atoms with Crippen molar-refractivity contribution in [2.75, 3.05) is 39.4 Å². The summed E-state index contributed by atoms with van der Waals surface area (Å²) in [5.41, 5.74) is 0.678. The number of amides is 1. The molecule has 1 saturated heterocycles. The molecule has 0 aromatic heterocycles. The molecule has 1 heterocycles. The third kappa shape index (κ3) is 4.41. The molecule has 1 fully saturated rings.